The van der Waals surface area contributed by atoms with Crippen LogP contribution in [0.15, 0.2) is 41.9 Å². The van der Waals surface area contributed by atoms with Crippen LogP contribution in [-0.4, -0.2) is 10.9 Å². The van der Waals surface area contributed by atoms with Crippen LogP contribution in [0.4, 0.5) is 5.82 Å². The molecule has 86 valence electrons. The number of hydrogen-bond acceptors (Lipinski definition) is 3. The Morgan fingerprint density at radius 2 is 2.29 bits per heavy atom. The van der Waals surface area contributed by atoms with E-state index in [1.54, 1.807) is 29.7 Å². The number of pyridine rings is 1. The molecular formula is C12H9IN2OS. The fourth-order valence-electron chi connectivity index (χ4n) is 1.16. The molecule has 0 radical (unpaired) electrons. The highest BCUT2D eigenvalue weighted by atomic mass is 127. The fourth-order valence-corrected chi connectivity index (χ4v) is 2.10. The van der Waals surface area contributed by atoms with E-state index >= 15 is 0 Å². The third-order valence-electron chi connectivity index (χ3n) is 1.92. The zero-order chi connectivity index (χ0) is 12.1. The van der Waals surface area contributed by atoms with Gasteiger partial charge in [-0.25, -0.2) is 4.98 Å². The normalized spacial score (nSPS) is 10.6. The first kappa shape index (κ1) is 12.3. The Morgan fingerprint density at radius 1 is 1.41 bits per heavy atom. The van der Waals surface area contributed by atoms with E-state index in [1.807, 2.05) is 23.6 Å². The molecular weight excluding hydrogens is 347 g/mol. The van der Waals surface area contributed by atoms with Crippen LogP contribution in [0.2, 0.25) is 0 Å². The Kier molecular flexibility index (Phi) is 4.27. The summed E-state index contributed by atoms with van der Waals surface area (Å²) >= 11 is 3.76. The van der Waals surface area contributed by atoms with Crippen LogP contribution in [0.5, 0.6) is 0 Å². The van der Waals surface area contributed by atoms with Crippen LogP contribution in [0.25, 0.3) is 6.08 Å². The van der Waals surface area contributed by atoms with Gasteiger partial charge < -0.3 is 5.32 Å². The molecule has 0 fully saturated rings. The number of anilines is 1. The van der Waals surface area contributed by atoms with E-state index in [2.05, 4.69) is 32.9 Å². The number of nitrogens with zero attached hydrogens (tertiary/aromatic N) is 1. The molecule has 2 heterocycles. The largest absolute Gasteiger partial charge is 0.307 e. The first-order valence-corrected chi connectivity index (χ1v) is 6.84. The Morgan fingerprint density at radius 3 is 2.94 bits per heavy atom. The number of aromatic nitrogens is 1. The summed E-state index contributed by atoms with van der Waals surface area (Å²) in [5.41, 5.74) is 0. The molecule has 5 heteroatoms. The van der Waals surface area contributed by atoms with E-state index in [9.17, 15) is 4.79 Å². The molecule has 3 nitrogen and oxygen atoms in total. The SMILES string of the molecule is O=C(C=Cc1cccs1)Nc1ccc(I)cn1. The van der Waals surface area contributed by atoms with Crippen molar-refractivity contribution in [2.24, 2.45) is 0 Å². The highest BCUT2D eigenvalue weighted by Gasteiger charge is 1.98. The van der Waals surface area contributed by atoms with E-state index in [-0.39, 0.29) is 5.91 Å². The summed E-state index contributed by atoms with van der Waals surface area (Å²) in [6.07, 6.45) is 5.00. The molecule has 17 heavy (non-hydrogen) atoms. The molecule has 0 aliphatic heterocycles. The summed E-state index contributed by atoms with van der Waals surface area (Å²) in [6.45, 7) is 0. The van der Waals surface area contributed by atoms with Crippen molar-refractivity contribution in [1.29, 1.82) is 0 Å². The molecule has 0 atom stereocenters. The number of rotatable bonds is 3. The minimum Gasteiger partial charge on any atom is -0.307 e. The van der Waals surface area contributed by atoms with E-state index in [0.717, 1.165) is 8.45 Å². The Balaban J connectivity index is 1.95. The van der Waals surface area contributed by atoms with Gasteiger partial charge in [-0.15, -0.1) is 11.3 Å². The van der Waals surface area contributed by atoms with Gasteiger partial charge in [-0.2, -0.15) is 0 Å². The predicted molar refractivity (Wildman–Crippen MR) is 78.9 cm³/mol. The van der Waals surface area contributed by atoms with Gasteiger partial charge in [-0.3, -0.25) is 4.79 Å². The zero-order valence-corrected chi connectivity index (χ0v) is 11.7. The lowest BCUT2D eigenvalue weighted by atomic mass is 10.4. The van der Waals surface area contributed by atoms with Gasteiger partial charge in [0.2, 0.25) is 5.91 Å². The Bertz CT molecular complexity index is 520. The average molecular weight is 356 g/mol. The van der Waals surface area contributed by atoms with Crippen LogP contribution >= 0.6 is 33.9 Å². The van der Waals surface area contributed by atoms with Gasteiger partial charge in [0.1, 0.15) is 5.82 Å². The second-order valence-electron chi connectivity index (χ2n) is 3.20. The van der Waals surface area contributed by atoms with Crippen molar-refractivity contribution in [1.82, 2.24) is 4.98 Å². The third-order valence-corrected chi connectivity index (χ3v) is 3.40. The van der Waals surface area contributed by atoms with Crippen LogP contribution in [0.3, 0.4) is 0 Å². The molecule has 0 unspecified atom stereocenters. The maximum atomic E-state index is 11.6. The Labute approximate surface area is 117 Å². The number of halogens is 1. The predicted octanol–water partition coefficient (Wildman–Crippen LogP) is 3.40. The number of carbonyl (C=O) groups excluding carboxylic acids is 1. The van der Waals surface area contributed by atoms with Crippen molar-refractivity contribution in [3.05, 3.63) is 50.4 Å². The van der Waals surface area contributed by atoms with Gasteiger partial charge in [0.15, 0.2) is 0 Å². The molecule has 0 aliphatic rings. The molecule has 0 spiro atoms. The van der Waals surface area contributed by atoms with E-state index in [0.29, 0.717) is 5.82 Å². The molecule has 2 aromatic heterocycles. The molecule has 0 saturated carbocycles. The summed E-state index contributed by atoms with van der Waals surface area (Å²) in [4.78, 5) is 16.7. The summed E-state index contributed by atoms with van der Waals surface area (Å²) < 4.78 is 1.04. The first-order valence-electron chi connectivity index (χ1n) is 4.88. The molecule has 0 aliphatic carbocycles. The smallest absolute Gasteiger partial charge is 0.249 e. The number of amides is 1. The third kappa shape index (κ3) is 3.94. The van der Waals surface area contributed by atoms with E-state index in [4.69, 9.17) is 0 Å². The number of carbonyl (C=O) groups is 1. The first-order chi connectivity index (χ1) is 8.24. The van der Waals surface area contributed by atoms with Crippen LogP contribution in [-0.2, 0) is 4.79 Å². The van der Waals surface area contributed by atoms with Gasteiger partial charge in [-0.1, -0.05) is 6.07 Å². The molecule has 1 N–H and O–H groups in total. The maximum absolute atomic E-state index is 11.6. The minimum absolute atomic E-state index is 0.174. The summed E-state index contributed by atoms with van der Waals surface area (Å²) in [7, 11) is 0. The number of thiophene rings is 1. The summed E-state index contributed by atoms with van der Waals surface area (Å²) in [5.74, 6) is 0.387. The van der Waals surface area contributed by atoms with Crippen LogP contribution in [0, 0.1) is 3.57 Å². The monoisotopic (exact) mass is 356 g/mol. The fraction of sp³-hybridized carbons (Fsp3) is 0. The van der Waals surface area contributed by atoms with Crippen LogP contribution < -0.4 is 5.32 Å². The van der Waals surface area contributed by atoms with Crippen molar-refractivity contribution < 1.29 is 4.79 Å². The second kappa shape index (κ2) is 5.92. The molecule has 0 saturated heterocycles. The van der Waals surface area contributed by atoms with Gasteiger partial charge in [0.05, 0.1) is 0 Å². The van der Waals surface area contributed by atoms with Crippen molar-refractivity contribution in [3.8, 4) is 0 Å². The van der Waals surface area contributed by atoms with Crippen molar-refractivity contribution in [2.75, 3.05) is 5.32 Å². The zero-order valence-electron chi connectivity index (χ0n) is 8.76. The van der Waals surface area contributed by atoms with Gasteiger partial charge in [0.25, 0.3) is 0 Å². The lowest BCUT2D eigenvalue weighted by molar-refractivity contribution is -0.111. The second-order valence-corrected chi connectivity index (χ2v) is 5.42. The van der Waals surface area contributed by atoms with Crippen molar-refractivity contribution >= 4 is 51.7 Å². The lowest BCUT2D eigenvalue weighted by Gasteiger charge is -2.00. The maximum Gasteiger partial charge on any atom is 0.249 e. The van der Waals surface area contributed by atoms with Gasteiger partial charge in [0, 0.05) is 20.7 Å². The summed E-state index contributed by atoms with van der Waals surface area (Å²) in [5, 5.41) is 4.67. The van der Waals surface area contributed by atoms with E-state index in [1.165, 1.54) is 6.08 Å². The van der Waals surface area contributed by atoms with Crippen molar-refractivity contribution in [3.63, 3.8) is 0 Å². The topological polar surface area (TPSA) is 42.0 Å². The Hall–Kier alpha value is -1.21. The summed E-state index contributed by atoms with van der Waals surface area (Å²) in [6, 6.07) is 7.57. The molecule has 2 aromatic rings. The molecule has 2 rings (SSSR count). The van der Waals surface area contributed by atoms with E-state index < -0.39 is 0 Å². The number of nitrogens with one attached hydrogen (secondary N) is 1. The van der Waals surface area contributed by atoms with Gasteiger partial charge >= 0.3 is 0 Å². The van der Waals surface area contributed by atoms with Crippen molar-refractivity contribution in [2.45, 2.75) is 0 Å². The average Bonchev–Trinajstić information content (AvgIpc) is 2.83. The van der Waals surface area contributed by atoms with Gasteiger partial charge in [-0.05, 0) is 52.2 Å². The minimum atomic E-state index is -0.174. The molecule has 0 bridgehead atoms. The highest BCUT2D eigenvalue weighted by Crippen LogP contribution is 2.11. The highest BCUT2D eigenvalue weighted by molar-refractivity contribution is 14.1. The molecule has 1 amide bonds. The quantitative estimate of drug-likeness (QED) is 0.677. The van der Waals surface area contributed by atoms with Crippen LogP contribution in [0.1, 0.15) is 4.88 Å². The lowest BCUT2D eigenvalue weighted by Crippen LogP contribution is -2.08. The standard InChI is InChI=1S/C12H9IN2OS/c13-9-3-5-11(14-8-9)15-12(16)6-4-10-2-1-7-17-10/h1-8H,(H,14,15,16). The number of hydrogen-bond donors (Lipinski definition) is 1. The molecule has 0 aromatic carbocycles.